The number of aliphatic hydroxyl groups excluding tert-OH is 1. The van der Waals surface area contributed by atoms with Crippen molar-refractivity contribution in [3.63, 3.8) is 0 Å². The smallest absolute Gasteiger partial charge is 0.137 e. The zero-order valence-corrected chi connectivity index (χ0v) is 10.9. The molecule has 5 heteroatoms. The molecule has 3 heterocycles. The fraction of sp³-hybridized carbons (Fsp3) is 0.500. The van der Waals surface area contributed by atoms with Crippen LogP contribution in [0.5, 0.6) is 0 Å². The second kappa shape index (κ2) is 5.28. The minimum atomic E-state index is -0.204. The number of aromatic amines is 1. The minimum absolute atomic E-state index is 0.150. The number of aromatic nitrogens is 2. The molecule has 1 aliphatic rings. The number of aliphatic hydroxyl groups is 1. The second-order valence-electron chi connectivity index (χ2n) is 5.12. The van der Waals surface area contributed by atoms with Gasteiger partial charge in [0, 0.05) is 43.1 Å². The van der Waals surface area contributed by atoms with Crippen molar-refractivity contribution in [2.75, 3.05) is 19.8 Å². The van der Waals surface area contributed by atoms with Crippen molar-refractivity contribution < 1.29 is 9.84 Å². The highest BCUT2D eigenvalue weighted by Crippen LogP contribution is 2.22. The first kappa shape index (κ1) is 12.6. The van der Waals surface area contributed by atoms with E-state index in [9.17, 15) is 5.11 Å². The Morgan fingerprint density at radius 2 is 2.26 bits per heavy atom. The van der Waals surface area contributed by atoms with Crippen LogP contribution in [-0.2, 0) is 11.3 Å². The van der Waals surface area contributed by atoms with Crippen LogP contribution in [0.15, 0.2) is 24.5 Å². The summed E-state index contributed by atoms with van der Waals surface area (Å²) in [7, 11) is 0. The molecule has 1 fully saturated rings. The number of ether oxygens (including phenoxy) is 1. The zero-order chi connectivity index (χ0) is 13.1. The van der Waals surface area contributed by atoms with Crippen molar-refractivity contribution in [3.8, 4) is 0 Å². The Morgan fingerprint density at radius 1 is 1.42 bits per heavy atom. The van der Waals surface area contributed by atoms with Crippen molar-refractivity contribution >= 4 is 11.0 Å². The van der Waals surface area contributed by atoms with Gasteiger partial charge < -0.3 is 20.1 Å². The molecule has 1 aliphatic heterocycles. The van der Waals surface area contributed by atoms with E-state index in [1.54, 1.807) is 6.20 Å². The molecule has 2 aromatic heterocycles. The van der Waals surface area contributed by atoms with Crippen LogP contribution in [0.1, 0.15) is 18.4 Å². The lowest BCUT2D eigenvalue weighted by molar-refractivity contribution is 0.0112. The maximum absolute atomic E-state index is 9.65. The molecule has 0 aromatic carbocycles. The molecule has 0 amide bonds. The number of hydrogen-bond donors (Lipinski definition) is 3. The number of pyridine rings is 1. The van der Waals surface area contributed by atoms with Crippen LogP contribution < -0.4 is 5.32 Å². The minimum Gasteiger partial charge on any atom is -0.394 e. The van der Waals surface area contributed by atoms with Gasteiger partial charge in [0.05, 0.1) is 6.61 Å². The predicted octanol–water partition coefficient (Wildman–Crippen LogP) is 1.19. The molecule has 3 rings (SSSR count). The van der Waals surface area contributed by atoms with Gasteiger partial charge in [0.15, 0.2) is 0 Å². The summed E-state index contributed by atoms with van der Waals surface area (Å²) in [5.41, 5.74) is 1.89. The maximum atomic E-state index is 9.65. The first-order valence-corrected chi connectivity index (χ1v) is 6.68. The average Bonchev–Trinajstić information content (AvgIpc) is 2.89. The molecule has 19 heavy (non-hydrogen) atoms. The Morgan fingerprint density at radius 3 is 3.05 bits per heavy atom. The van der Waals surface area contributed by atoms with Gasteiger partial charge in [-0.15, -0.1) is 0 Å². The molecule has 0 saturated carbocycles. The average molecular weight is 261 g/mol. The standard InChI is InChI=1S/C14H19N3O2/c18-10-14(3-6-19-7-4-14)17-9-11-8-16-13-12(11)2-1-5-15-13/h1-2,5,8,17-18H,3-4,6-7,9-10H2,(H,15,16). The van der Waals surface area contributed by atoms with Gasteiger partial charge in [-0.3, -0.25) is 0 Å². The fourth-order valence-corrected chi connectivity index (χ4v) is 2.59. The molecule has 2 aromatic rings. The van der Waals surface area contributed by atoms with E-state index >= 15 is 0 Å². The monoisotopic (exact) mass is 261 g/mol. The second-order valence-corrected chi connectivity index (χ2v) is 5.12. The van der Waals surface area contributed by atoms with Crippen molar-refractivity contribution in [2.24, 2.45) is 0 Å². The van der Waals surface area contributed by atoms with Crippen LogP contribution in [-0.4, -0.2) is 40.4 Å². The highest BCUT2D eigenvalue weighted by Gasteiger charge is 2.31. The van der Waals surface area contributed by atoms with Crippen LogP contribution in [0.2, 0.25) is 0 Å². The Hall–Kier alpha value is -1.43. The van der Waals surface area contributed by atoms with Crippen LogP contribution in [0, 0.1) is 0 Å². The number of fused-ring (bicyclic) bond motifs is 1. The van der Waals surface area contributed by atoms with Gasteiger partial charge in [-0.25, -0.2) is 4.98 Å². The van der Waals surface area contributed by atoms with E-state index < -0.39 is 0 Å². The van der Waals surface area contributed by atoms with E-state index in [1.165, 1.54) is 5.56 Å². The van der Waals surface area contributed by atoms with Gasteiger partial charge in [-0.1, -0.05) is 0 Å². The molecule has 0 unspecified atom stereocenters. The lowest BCUT2D eigenvalue weighted by Gasteiger charge is -2.36. The quantitative estimate of drug-likeness (QED) is 0.773. The van der Waals surface area contributed by atoms with Gasteiger partial charge in [0.2, 0.25) is 0 Å². The van der Waals surface area contributed by atoms with E-state index in [-0.39, 0.29) is 12.1 Å². The maximum Gasteiger partial charge on any atom is 0.137 e. The number of nitrogens with one attached hydrogen (secondary N) is 2. The SMILES string of the molecule is OCC1(NCc2c[nH]c3ncccc23)CCOCC1. The molecule has 0 spiro atoms. The van der Waals surface area contributed by atoms with E-state index in [2.05, 4.69) is 21.4 Å². The highest BCUT2D eigenvalue weighted by atomic mass is 16.5. The zero-order valence-electron chi connectivity index (χ0n) is 10.9. The van der Waals surface area contributed by atoms with Crippen molar-refractivity contribution in [2.45, 2.75) is 24.9 Å². The van der Waals surface area contributed by atoms with Gasteiger partial charge in [-0.2, -0.15) is 0 Å². The van der Waals surface area contributed by atoms with Gasteiger partial charge >= 0.3 is 0 Å². The molecule has 5 nitrogen and oxygen atoms in total. The first-order valence-electron chi connectivity index (χ1n) is 6.68. The lowest BCUT2D eigenvalue weighted by Crippen LogP contribution is -2.51. The highest BCUT2D eigenvalue weighted by molar-refractivity contribution is 5.79. The van der Waals surface area contributed by atoms with Crippen molar-refractivity contribution in [3.05, 3.63) is 30.1 Å². The van der Waals surface area contributed by atoms with Gasteiger partial charge in [-0.05, 0) is 30.5 Å². The molecule has 0 bridgehead atoms. The molecule has 1 saturated heterocycles. The molecule has 0 aliphatic carbocycles. The van der Waals surface area contributed by atoms with Gasteiger partial charge in [0.1, 0.15) is 5.65 Å². The fourth-order valence-electron chi connectivity index (χ4n) is 2.59. The summed E-state index contributed by atoms with van der Waals surface area (Å²) in [6, 6.07) is 4.00. The van der Waals surface area contributed by atoms with E-state index in [1.807, 2.05) is 12.3 Å². The summed E-state index contributed by atoms with van der Waals surface area (Å²) in [6.07, 6.45) is 5.47. The molecule has 0 atom stereocenters. The summed E-state index contributed by atoms with van der Waals surface area (Å²) in [6.45, 7) is 2.30. The number of hydrogen-bond acceptors (Lipinski definition) is 4. The topological polar surface area (TPSA) is 70.2 Å². The van der Waals surface area contributed by atoms with Crippen LogP contribution in [0.3, 0.4) is 0 Å². The molecule has 102 valence electrons. The van der Waals surface area contributed by atoms with E-state index in [0.29, 0.717) is 13.2 Å². The molecular weight excluding hydrogens is 242 g/mol. The van der Waals surface area contributed by atoms with Crippen molar-refractivity contribution in [1.82, 2.24) is 15.3 Å². The Kier molecular flexibility index (Phi) is 3.50. The van der Waals surface area contributed by atoms with Crippen molar-refractivity contribution in [1.29, 1.82) is 0 Å². The first-order chi connectivity index (χ1) is 9.33. The van der Waals surface area contributed by atoms with Gasteiger partial charge in [0.25, 0.3) is 0 Å². The normalized spacial score (nSPS) is 18.8. The van der Waals surface area contributed by atoms with E-state index in [0.717, 1.165) is 30.4 Å². The predicted molar refractivity (Wildman–Crippen MR) is 72.8 cm³/mol. The lowest BCUT2D eigenvalue weighted by atomic mass is 9.91. The van der Waals surface area contributed by atoms with E-state index in [4.69, 9.17) is 4.74 Å². The Bertz CT molecular complexity index is 546. The summed E-state index contributed by atoms with van der Waals surface area (Å²) in [5.74, 6) is 0. The largest absolute Gasteiger partial charge is 0.394 e. The van der Waals surface area contributed by atoms with Crippen LogP contribution in [0.25, 0.3) is 11.0 Å². The third-order valence-electron chi connectivity index (χ3n) is 3.94. The third kappa shape index (κ3) is 2.49. The Labute approximate surface area is 112 Å². The molecular formula is C14H19N3O2. The van der Waals surface area contributed by atoms with Crippen LogP contribution in [0.4, 0.5) is 0 Å². The molecule has 3 N–H and O–H groups in total. The summed E-state index contributed by atoms with van der Waals surface area (Å²) >= 11 is 0. The summed E-state index contributed by atoms with van der Waals surface area (Å²) in [5, 5.41) is 14.3. The summed E-state index contributed by atoms with van der Waals surface area (Å²) < 4.78 is 5.37. The summed E-state index contributed by atoms with van der Waals surface area (Å²) in [4.78, 5) is 7.45. The third-order valence-corrected chi connectivity index (χ3v) is 3.94. The molecule has 0 radical (unpaired) electrons. The number of nitrogens with zero attached hydrogens (tertiary/aromatic N) is 1. The number of H-pyrrole nitrogens is 1. The Balaban J connectivity index is 1.74. The van der Waals surface area contributed by atoms with Crippen LogP contribution >= 0.6 is 0 Å². The number of rotatable bonds is 4.